The number of carbonyl (C=O) groups excluding carboxylic acids is 4. The third-order valence-corrected chi connectivity index (χ3v) is 2.93. The van der Waals surface area contributed by atoms with Crippen molar-refractivity contribution in [1.29, 1.82) is 0 Å². The van der Waals surface area contributed by atoms with Crippen LogP contribution in [-0.2, 0) is 42.9 Å². The van der Waals surface area contributed by atoms with Gasteiger partial charge in [-0.1, -0.05) is 0 Å². The molecule has 0 amide bonds. The van der Waals surface area contributed by atoms with Crippen LogP contribution >= 0.6 is 0 Å². The minimum atomic E-state index is -1.52. The minimum Gasteiger partial charge on any atom is -0.456 e. The second-order valence-electron chi connectivity index (χ2n) is 5.03. The predicted octanol–water partition coefficient (Wildman–Crippen LogP) is 0.0390. The Bertz CT molecular complexity index is 506. The molecule has 136 valence electrons. The first kappa shape index (κ1) is 19.8. The fourth-order valence-corrected chi connectivity index (χ4v) is 2.24. The van der Waals surface area contributed by atoms with Gasteiger partial charge in [-0.15, -0.1) is 0 Å². The third kappa shape index (κ3) is 5.44. The molecule has 10 heteroatoms. The molecular weight excluding hydrogens is 331 g/mol. The van der Waals surface area contributed by atoms with Gasteiger partial charge in [0.2, 0.25) is 12.4 Å². The Kier molecular flexibility index (Phi) is 7.08. The number of alkyl halides is 1. The van der Waals surface area contributed by atoms with Crippen LogP contribution in [0.1, 0.15) is 27.7 Å². The second kappa shape index (κ2) is 8.57. The van der Waals surface area contributed by atoms with Crippen molar-refractivity contribution in [3.05, 3.63) is 0 Å². The van der Waals surface area contributed by atoms with E-state index in [1.807, 2.05) is 0 Å². The molecule has 5 atom stereocenters. The van der Waals surface area contributed by atoms with E-state index in [1.54, 1.807) is 0 Å². The summed E-state index contributed by atoms with van der Waals surface area (Å²) in [5.41, 5.74) is 0. The summed E-state index contributed by atoms with van der Waals surface area (Å²) in [6, 6.07) is 0. The summed E-state index contributed by atoms with van der Waals surface area (Å²) in [5, 5.41) is 0. The van der Waals surface area contributed by atoms with Crippen LogP contribution in [0.5, 0.6) is 0 Å². The maximum atomic E-state index is 13.3. The molecule has 0 N–H and O–H groups in total. The van der Waals surface area contributed by atoms with E-state index in [1.165, 1.54) is 0 Å². The number of halogens is 1. The van der Waals surface area contributed by atoms with Gasteiger partial charge in [0, 0.05) is 27.7 Å². The quantitative estimate of drug-likeness (QED) is 0.500. The Balaban J connectivity index is 3.23. The van der Waals surface area contributed by atoms with Gasteiger partial charge < -0.3 is 23.7 Å². The van der Waals surface area contributed by atoms with Crippen LogP contribution in [0.15, 0.2) is 0 Å². The monoisotopic (exact) mass is 350 g/mol. The molecule has 0 aromatic rings. The predicted molar refractivity (Wildman–Crippen MR) is 73.1 cm³/mol. The van der Waals surface area contributed by atoms with E-state index < -0.39 is 61.3 Å². The third-order valence-electron chi connectivity index (χ3n) is 2.93. The first-order chi connectivity index (χ1) is 11.1. The number of ether oxygens (including phenoxy) is 5. The minimum absolute atomic E-state index is 0.785. The molecule has 0 aromatic heterocycles. The maximum absolute atomic E-state index is 13.3. The first-order valence-electron chi connectivity index (χ1n) is 7.06. The Morgan fingerprint density at radius 2 is 1.17 bits per heavy atom. The lowest BCUT2D eigenvalue weighted by molar-refractivity contribution is -0.297. The summed E-state index contributed by atoms with van der Waals surface area (Å²) >= 11 is 0. The van der Waals surface area contributed by atoms with Gasteiger partial charge in [0.05, 0.1) is 0 Å². The normalized spacial score (nSPS) is 29.3. The first-order valence-corrected chi connectivity index (χ1v) is 7.06. The molecule has 0 saturated carbocycles. The lowest BCUT2D eigenvalue weighted by atomic mass is 9.98. The highest BCUT2D eigenvalue weighted by molar-refractivity contribution is 5.69. The average molecular weight is 350 g/mol. The van der Waals surface area contributed by atoms with E-state index in [0.717, 1.165) is 27.7 Å². The zero-order valence-electron chi connectivity index (χ0n) is 13.6. The van der Waals surface area contributed by atoms with Crippen LogP contribution in [0.3, 0.4) is 0 Å². The molecule has 0 aliphatic carbocycles. The van der Waals surface area contributed by atoms with E-state index >= 15 is 0 Å². The second-order valence-corrected chi connectivity index (χ2v) is 5.03. The lowest BCUT2D eigenvalue weighted by Crippen LogP contribution is -2.62. The highest BCUT2D eigenvalue weighted by atomic mass is 19.1. The van der Waals surface area contributed by atoms with Gasteiger partial charge in [-0.3, -0.25) is 19.2 Å². The van der Waals surface area contributed by atoms with Crippen molar-refractivity contribution < 1.29 is 47.3 Å². The SMILES string of the molecule is CC(=O)OC1OC(CF)C(OC(C)=O)C(OC(C)=O)C1OC(C)=O. The highest BCUT2D eigenvalue weighted by Crippen LogP contribution is 2.29. The maximum Gasteiger partial charge on any atom is 0.305 e. The topological polar surface area (TPSA) is 114 Å². The molecule has 0 radical (unpaired) electrons. The average Bonchev–Trinajstić information content (AvgIpc) is 2.42. The number of carbonyl (C=O) groups is 4. The van der Waals surface area contributed by atoms with Crippen molar-refractivity contribution in [3.63, 3.8) is 0 Å². The van der Waals surface area contributed by atoms with Gasteiger partial charge in [0.15, 0.2) is 12.2 Å². The van der Waals surface area contributed by atoms with Crippen molar-refractivity contribution in [1.82, 2.24) is 0 Å². The summed E-state index contributed by atoms with van der Waals surface area (Å²) in [6.45, 7) is 3.14. The molecule has 9 nitrogen and oxygen atoms in total. The van der Waals surface area contributed by atoms with Crippen molar-refractivity contribution >= 4 is 23.9 Å². The lowest BCUT2D eigenvalue weighted by Gasteiger charge is -2.43. The zero-order chi connectivity index (χ0) is 18.4. The smallest absolute Gasteiger partial charge is 0.305 e. The van der Waals surface area contributed by atoms with E-state index in [0.29, 0.717) is 0 Å². The molecular formula is C14H19FO9. The Morgan fingerprint density at radius 3 is 1.58 bits per heavy atom. The molecule has 1 aliphatic heterocycles. The number of hydrogen-bond donors (Lipinski definition) is 0. The largest absolute Gasteiger partial charge is 0.456 e. The Hall–Kier alpha value is -2.23. The summed E-state index contributed by atoms with van der Waals surface area (Å²) in [5.74, 6) is -3.16. The molecule has 1 saturated heterocycles. The van der Waals surface area contributed by atoms with Crippen molar-refractivity contribution in [3.8, 4) is 0 Å². The van der Waals surface area contributed by atoms with Crippen molar-refractivity contribution in [2.75, 3.05) is 6.67 Å². The number of esters is 4. The zero-order valence-corrected chi connectivity index (χ0v) is 13.6. The summed E-state index contributed by atoms with van der Waals surface area (Å²) < 4.78 is 38.4. The molecule has 1 aliphatic rings. The summed E-state index contributed by atoms with van der Waals surface area (Å²) in [7, 11) is 0. The fraction of sp³-hybridized carbons (Fsp3) is 0.714. The molecule has 1 fully saturated rings. The van der Waals surface area contributed by atoms with Crippen molar-refractivity contribution in [2.45, 2.75) is 58.4 Å². The van der Waals surface area contributed by atoms with Crippen LogP contribution in [0.2, 0.25) is 0 Å². The van der Waals surface area contributed by atoms with Gasteiger partial charge in [-0.2, -0.15) is 0 Å². The molecule has 1 rings (SSSR count). The molecule has 24 heavy (non-hydrogen) atoms. The van der Waals surface area contributed by atoms with Crippen LogP contribution in [-0.4, -0.2) is 61.3 Å². The van der Waals surface area contributed by atoms with Gasteiger partial charge in [0.25, 0.3) is 0 Å². The van der Waals surface area contributed by atoms with Gasteiger partial charge >= 0.3 is 23.9 Å². The van der Waals surface area contributed by atoms with Crippen LogP contribution in [0.25, 0.3) is 0 Å². The van der Waals surface area contributed by atoms with E-state index in [2.05, 4.69) is 0 Å². The molecule has 0 spiro atoms. The highest BCUT2D eigenvalue weighted by Gasteiger charge is 2.53. The standard InChI is InChI=1S/C14H19FO9/c1-6(16)20-11-10(5-15)24-14(23-9(4)19)13(22-8(3)18)12(11)21-7(2)17/h10-14H,5H2,1-4H3. The van der Waals surface area contributed by atoms with Crippen LogP contribution in [0, 0.1) is 0 Å². The number of hydrogen-bond acceptors (Lipinski definition) is 9. The molecule has 1 heterocycles. The van der Waals surface area contributed by atoms with Crippen LogP contribution < -0.4 is 0 Å². The Labute approximate surface area is 137 Å². The Morgan fingerprint density at radius 1 is 0.750 bits per heavy atom. The molecule has 5 unspecified atom stereocenters. The van der Waals surface area contributed by atoms with Crippen LogP contribution in [0.4, 0.5) is 4.39 Å². The van der Waals surface area contributed by atoms with Gasteiger partial charge in [0.1, 0.15) is 12.8 Å². The van der Waals surface area contributed by atoms with E-state index in [9.17, 15) is 23.6 Å². The number of rotatable bonds is 5. The van der Waals surface area contributed by atoms with Gasteiger partial charge in [-0.25, -0.2) is 4.39 Å². The van der Waals surface area contributed by atoms with E-state index in [4.69, 9.17) is 23.7 Å². The van der Waals surface area contributed by atoms with Crippen molar-refractivity contribution in [2.24, 2.45) is 0 Å². The van der Waals surface area contributed by atoms with E-state index in [-0.39, 0.29) is 0 Å². The summed E-state index contributed by atoms with van der Waals surface area (Å²) in [4.78, 5) is 45.1. The summed E-state index contributed by atoms with van der Waals surface area (Å²) in [6.07, 6.45) is -7.12. The fourth-order valence-electron chi connectivity index (χ4n) is 2.24. The molecule has 0 aromatic carbocycles. The van der Waals surface area contributed by atoms with Gasteiger partial charge in [-0.05, 0) is 0 Å². The molecule has 0 bridgehead atoms.